The summed E-state index contributed by atoms with van der Waals surface area (Å²) in [5, 5.41) is 11.7. The van der Waals surface area contributed by atoms with E-state index in [1.807, 2.05) is 6.07 Å². The van der Waals surface area contributed by atoms with Gasteiger partial charge in [0.05, 0.1) is 23.0 Å². The number of nitriles is 1. The van der Waals surface area contributed by atoms with Crippen molar-refractivity contribution >= 4 is 11.4 Å². The van der Waals surface area contributed by atoms with Crippen LogP contribution in [0.2, 0.25) is 0 Å². The van der Waals surface area contributed by atoms with Gasteiger partial charge in [-0.3, -0.25) is 0 Å². The van der Waals surface area contributed by atoms with E-state index < -0.39 is 11.6 Å². The van der Waals surface area contributed by atoms with Gasteiger partial charge in [-0.1, -0.05) is 6.07 Å². The molecule has 0 aromatic heterocycles. The standard InChI is InChI=1S/C14H11F2N3/c15-11-3-2-10(12(16)6-11)8-19-14-4-1-9(7-17)5-13(14)18/h1-6,19H,8,18H2. The van der Waals surface area contributed by atoms with E-state index in [2.05, 4.69) is 5.32 Å². The number of nitrogens with zero attached hydrogens (tertiary/aromatic N) is 1. The zero-order valence-corrected chi connectivity index (χ0v) is 9.95. The molecule has 2 rings (SSSR count). The lowest BCUT2D eigenvalue weighted by atomic mass is 10.1. The lowest BCUT2D eigenvalue weighted by Gasteiger charge is -2.10. The Hall–Kier alpha value is -2.61. The van der Waals surface area contributed by atoms with Crippen molar-refractivity contribution in [2.75, 3.05) is 11.1 Å². The lowest BCUT2D eigenvalue weighted by molar-refractivity contribution is 0.574. The van der Waals surface area contributed by atoms with E-state index in [1.165, 1.54) is 18.2 Å². The maximum Gasteiger partial charge on any atom is 0.131 e. The molecule has 0 heterocycles. The van der Waals surface area contributed by atoms with Gasteiger partial charge in [-0.2, -0.15) is 5.26 Å². The summed E-state index contributed by atoms with van der Waals surface area (Å²) in [6.45, 7) is 0.183. The van der Waals surface area contributed by atoms with Crippen LogP contribution in [-0.2, 0) is 6.54 Å². The van der Waals surface area contributed by atoms with Gasteiger partial charge in [0, 0.05) is 18.2 Å². The Labute approximate surface area is 109 Å². The third kappa shape index (κ3) is 2.99. The number of hydrogen-bond acceptors (Lipinski definition) is 3. The molecule has 0 fully saturated rings. The van der Waals surface area contributed by atoms with Gasteiger partial charge in [0.2, 0.25) is 0 Å². The Morgan fingerprint density at radius 3 is 2.58 bits per heavy atom. The van der Waals surface area contributed by atoms with Crippen molar-refractivity contribution < 1.29 is 8.78 Å². The summed E-state index contributed by atoms with van der Waals surface area (Å²) in [6.07, 6.45) is 0. The fourth-order valence-electron chi connectivity index (χ4n) is 1.65. The Morgan fingerprint density at radius 1 is 1.16 bits per heavy atom. The highest BCUT2D eigenvalue weighted by Gasteiger charge is 2.05. The summed E-state index contributed by atoms with van der Waals surface area (Å²) < 4.78 is 26.2. The van der Waals surface area contributed by atoms with Crippen LogP contribution in [-0.4, -0.2) is 0 Å². The second kappa shape index (κ2) is 5.36. The van der Waals surface area contributed by atoms with E-state index in [0.717, 1.165) is 6.07 Å². The van der Waals surface area contributed by atoms with Gasteiger partial charge in [0.15, 0.2) is 0 Å². The third-order valence-electron chi connectivity index (χ3n) is 2.67. The zero-order chi connectivity index (χ0) is 13.8. The molecule has 0 spiro atoms. The minimum absolute atomic E-state index is 0.183. The van der Waals surface area contributed by atoms with Crippen molar-refractivity contribution in [2.24, 2.45) is 0 Å². The van der Waals surface area contributed by atoms with Crippen molar-refractivity contribution in [3.8, 4) is 6.07 Å². The molecule has 0 aliphatic carbocycles. The van der Waals surface area contributed by atoms with Crippen LogP contribution >= 0.6 is 0 Å². The van der Waals surface area contributed by atoms with Crippen LogP contribution in [0.4, 0.5) is 20.2 Å². The van der Waals surface area contributed by atoms with Gasteiger partial charge in [0.1, 0.15) is 11.6 Å². The summed E-state index contributed by atoms with van der Waals surface area (Å²) in [5.41, 5.74) is 7.55. The van der Waals surface area contributed by atoms with Crippen LogP contribution < -0.4 is 11.1 Å². The SMILES string of the molecule is N#Cc1ccc(NCc2ccc(F)cc2F)c(N)c1. The highest BCUT2D eigenvalue weighted by molar-refractivity contribution is 5.68. The number of nitrogens with two attached hydrogens (primary N) is 1. The Morgan fingerprint density at radius 2 is 1.95 bits per heavy atom. The summed E-state index contributed by atoms with van der Waals surface area (Å²) >= 11 is 0. The molecule has 2 aromatic rings. The first-order chi connectivity index (χ1) is 9.10. The molecule has 0 aliphatic heterocycles. The summed E-state index contributed by atoms with van der Waals surface area (Å²) in [4.78, 5) is 0. The fraction of sp³-hybridized carbons (Fsp3) is 0.0714. The van der Waals surface area contributed by atoms with E-state index in [4.69, 9.17) is 11.0 Å². The predicted octanol–water partition coefficient (Wildman–Crippen LogP) is 3.03. The molecule has 19 heavy (non-hydrogen) atoms. The normalized spacial score (nSPS) is 9.95. The maximum atomic E-state index is 13.4. The predicted molar refractivity (Wildman–Crippen MR) is 69.3 cm³/mol. The largest absolute Gasteiger partial charge is 0.397 e. The Kier molecular flexibility index (Phi) is 3.62. The minimum atomic E-state index is -0.612. The van der Waals surface area contributed by atoms with Crippen molar-refractivity contribution in [3.63, 3.8) is 0 Å². The molecule has 0 aliphatic rings. The van der Waals surface area contributed by atoms with Gasteiger partial charge in [0.25, 0.3) is 0 Å². The number of nitrogens with one attached hydrogen (secondary N) is 1. The third-order valence-corrected chi connectivity index (χ3v) is 2.67. The monoisotopic (exact) mass is 259 g/mol. The van der Waals surface area contributed by atoms with Gasteiger partial charge in [-0.05, 0) is 24.3 Å². The Balaban J connectivity index is 2.13. The van der Waals surface area contributed by atoms with Crippen LogP contribution in [0.25, 0.3) is 0 Å². The average molecular weight is 259 g/mol. The molecule has 0 bridgehead atoms. The summed E-state index contributed by atoms with van der Waals surface area (Å²) in [5.74, 6) is -1.22. The maximum absolute atomic E-state index is 13.4. The average Bonchev–Trinajstić information content (AvgIpc) is 2.39. The van der Waals surface area contributed by atoms with Crippen molar-refractivity contribution in [1.82, 2.24) is 0 Å². The van der Waals surface area contributed by atoms with Crippen LogP contribution in [0.15, 0.2) is 36.4 Å². The summed E-state index contributed by atoms with van der Waals surface area (Å²) in [6, 6.07) is 10.2. The molecule has 0 saturated heterocycles. The second-order valence-corrected chi connectivity index (χ2v) is 4.00. The van der Waals surface area contributed by atoms with Gasteiger partial charge >= 0.3 is 0 Å². The van der Waals surface area contributed by atoms with Crippen molar-refractivity contribution in [1.29, 1.82) is 5.26 Å². The minimum Gasteiger partial charge on any atom is -0.397 e. The summed E-state index contributed by atoms with van der Waals surface area (Å²) in [7, 11) is 0. The van der Waals surface area contributed by atoms with E-state index in [0.29, 0.717) is 22.5 Å². The second-order valence-electron chi connectivity index (χ2n) is 4.00. The molecule has 0 radical (unpaired) electrons. The smallest absolute Gasteiger partial charge is 0.131 e. The zero-order valence-electron chi connectivity index (χ0n) is 9.95. The molecule has 96 valence electrons. The number of rotatable bonds is 3. The van der Waals surface area contributed by atoms with E-state index >= 15 is 0 Å². The molecule has 3 N–H and O–H groups in total. The number of halogens is 2. The lowest BCUT2D eigenvalue weighted by Crippen LogP contribution is -2.04. The number of nitrogen functional groups attached to an aromatic ring is 1. The molecular weight excluding hydrogens is 248 g/mol. The van der Waals surface area contributed by atoms with E-state index in [1.54, 1.807) is 12.1 Å². The van der Waals surface area contributed by atoms with Crippen LogP contribution in [0, 0.1) is 23.0 Å². The number of anilines is 2. The van der Waals surface area contributed by atoms with Crippen LogP contribution in [0.3, 0.4) is 0 Å². The topological polar surface area (TPSA) is 61.8 Å². The molecule has 2 aromatic carbocycles. The van der Waals surface area contributed by atoms with Gasteiger partial charge in [-0.15, -0.1) is 0 Å². The van der Waals surface area contributed by atoms with Gasteiger partial charge < -0.3 is 11.1 Å². The molecule has 0 saturated carbocycles. The molecule has 0 unspecified atom stereocenters. The highest BCUT2D eigenvalue weighted by atomic mass is 19.1. The number of benzene rings is 2. The van der Waals surface area contributed by atoms with E-state index in [-0.39, 0.29) is 6.54 Å². The van der Waals surface area contributed by atoms with Crippen LogP contribution in [0.5, 0.6) is 0 Å². The van der Waals surface area contributed by atoms with E-state index in [9.17, 15) is 8.78 Å². The quantitative estimate of drug-likeness (QED) is 0.833. The first-order valence-corrected chi connectivity index (χ1v) is 5.57. The van der Waals surface area contributed by atoms with Crippen LogP contribution in [0.1, 0.15) is 11.1 Å². The molecule has 0 atom stereocenters. The molecule has 3 nitrogen and oxygen atoms in total. The highest BCUT2D eigenvalue weighted by Crippen LogP contribution is 2.21. The Bertz CT molecular complexity index is 648. The first-order valence-electron chi connectivity index (χ1n) is 5.57. The fourth-order valence-corrected chi connectivity index (χ4v) is 1.65. The molecular formula is C14H11F2N3. The van der Waals surface area contributed by atoms with Crippen molar-refractivity contribution in [3.05, 3.63) is 59.2 Å². The molecule has 0 amide bonds. The first kappa shape index (κ1) is 12.8. The number of hydrogen-bond donors (Lipinski definition) is 2. The van der Waals surface area contributed by atoms with Gasteiger partial charge in [-0.25, -0.2) is 8.78 Å². The van der Waals surface area contributed by atoms with Crippen molar-refractivity contribution in [2.45, 2.75) is 6.54 Å². The molecule has 5 heteroatoms.